The largest absolute Gasteiger partial charge is 0.493 e. The molecule has 2 aliphatic carbocycles. The van der Waals surface area contributed by atoms with Crippen LogP contribution in [0.25, 0.3) is 0 Å². The molecule has 2 fully saturated rings. The number of carbonyl (C=O) groups excluding carboxylic acids is 2. The first kappa shape index (κ1) is 16.4. The predicted molar refractivity (Wildman–Crippen MR) is 94.5 cm³/mol. The van der Waals surface area contributed by atoms with Crippen molar-refractivity contribution in [2.24, 2.45) is 28.8 Å². The van der Waals surface area contributed by atoms with Gasteiger partial charge >= 0.3 is 0 Å². The molecule has 2 amide bonds. The molecule has 4 atom stereocenters. The van der Waals surface area contributed by atoms with Crippen molar-refractivity contribution in [2.45, 2.75) is 6.42 Å². The Balaban J connectivity index is 1.60. The van der Waals surface area contributed by atoms with Gasteiger partial charge in [0, 0.05) is 5.56 Å². The fourth-order valence-electron chi connectivity index (χ4n) is 4.18. The van der Waals surface area contributed by atoms with Crippen LogP contribution in [0.2, 0.25) is 0 Å². The standard InChI is InChI=1S/C20H18N2O4/c1-3-9-26-18-14(5-4-6-15(18)25-2)11-21-22-19(23)16-12-7-8-13(10-12)17(16)20(22)24/h1,4-8,11-13,16-17H,9-10H2,2H3. The summed E-state index contributed by atoms with van der Waals surface area (Å²) < 4.78 is 10.8. The lowest BCUT2D eigenvalue weighted by atomic mass is 9.85. The molecule has 26 heavy (non-hydrogen) atoms. The van der Waals surface area contributed by atoms with Crippen molar-refractivity contribution in [1.82, 2.24) is 5.01 Å². The van der Waals surface area contributed by atoms with Crippen LogP contribution in [0.1, 0.15) is 12.0 Å². The van der Waals surface area contributed by atoms with Gasteiger partial charge < -0.3 is 9.47 Å². The maximum atomic E-state index is 12.7. The molecule has 1 aliphatic heterocycles. The molecule has 2 bridgehead atoms. The van der Waals surface area contributed by atoms with Gasteiger partial charge in [-0.1, -0.05) is 24.1 Å². The first-order valence-corrected chi connectivity index (χ1v) is 8.49. The zero-order chi connectivity index (χ0) is 18.3. The van der Waals surface area contributed by atoms with Crippen LogP contribution in [0.15, 0.2) is 35.5 Å². The van der Waals surface area contributed by atoms with Crippen molar-refractivity contribution >= 4 is 18.0 Å². The van der Waals surface area contributed by atoms with Crippen molar-refractivity contribution in [3.8, 4) is 23.8 Å². The summed E-state index contributed by atoms with van der Waals surface area (Å²) in [5, 5.41) is 5.18. The van der Waals surface area contributed by atoms with E-state index in [-0.39, 0.29) is 42.1 Å². The number of hydrazone groups is 1. The molecule has 1 aromatic rings. The number of allylic oxidation sites excluding steroid dienone is 2. The Bertz CT molecular complexity index is 837. The third kappa shape index (κ3) is 2.39. The van der Waals surface area contributed by atoms with Crippen LogP contribution in [0.5, 0.6) is 11.5 Å². The van der Waals surface area contributed by atoms with E-state index in [1.165, 1.54) is 13.3 Å². The Morgan fingerprint density at radius 2 is 1.96 bits per heavy atom. The Morgan fingerprint density at radius 3 is 2.58 bits per heavy atom. The lowest BCUT2D eigenvalue weighted by Crippen LogP contribution is -2.28. The van der Waals surface area contributed by atoms with Crippen molar-refractivity contribution in [2.75, 3.05) is 13.7 Å². The molecule has 4 rings (SSSR count). The maximum absolute atomic E-state index is 12.7. The van der Waals surface area contributed by atoms with E-state index in [2.05, 4.69) is 23.2 Å². The number of methoxy groups -OCH3 is 1. The van der Waals surface area contributed by atoms with Gasteiger partial charge in [-0.05, 0) is 30.4 Å². The molecule has 0 N–H and O–H groups in total. The number of hydrogen-bond acceptors (Lipinski definition) is 5. The number of benzene rings is 1. The van der Waals surface area contributed by atoms with Crippen molar-refractivity contribution in [3.05, 3.63) is 35.9 Å². The number of imide groups is 1. The van der Waals surface area contributed by atoms with E-state index in [1.807, 2.05) is 0 Å². The Labute approximate surface area is 151 Å². The highest BCUT2D eigenvalue weighted by molar-refractivity contribution is 6.07. The highest BCUT2D eigenvalue weighted by atomic mass is 16.5. The summed E-state index contributed by atoms with van der Waals surface area (Å²) in [6.07, 6.45) is 11.7. The average molecular weight is 350 g/mol. The third-order valence-corrected chi connectivity index (χ3v) is 5.29. The average Bonchev–Trinajstić information content (AvgIpc) is 3.33. The number of terminal acetylenes is 1. The molecular formula is C20H18N2O4. The van der Waals surface area contributed by atoms with Crippen LogP contribution in [0, 0.1) is 36.0 Å². The molecule has 1 saturated heterocycles. The number of para-hydroxylation sites is 1. The molecule has 4 unspecified atom stereocenters. The summed E-state index contributed by atoms with van der Waals surface area (Å²) in [4.78, 5) is 25.3. The van der Waals surface area contributed by atoms with Gasteiger partial charge in [-0.25, -0.2) is 0 Å². The summed E-state index contributed by atoms with van der Waals surface area (Å²) in [5.41, 5.74) is 0.582. The van der Waals surface area contributed by atoms with Crippen LogP contribution in [0.4, 0.5) is 0 Å². The SMILES string of the molecule is C#CCOc1c(C=NN2C(=O)C3C4C=CC(C4)C3C2=O)cccc1OC. The highest BCUT2D eigenvalue weighted by Gasteiger charge is 2.59. The Morgan fingerprint density at radius 1 is 1.27 bits per heavy atom. The van der Waals surface area contributed by atoms with Crippen molar-refractivity contribution < 1.29 is 19.1 Å². The normalized spacial score (nSPS) is 28.7. The Kier molecular flexibility index (Phi) is 4.00. The highest BCUT2D eigenvalue weighted by Crippen LogP contribution is 2.52. The molecule has 1 heterocycles. The number of hydrogen-bond donors (Lipinski definition) is 0. The van der Waals surface area contributed by atoms with Crippen LogP contribution in [-0.2, 0) is 9.59 Å². The van der Waals surface area contributed by atoms with E-state index in [1.54, 1.807) is 18.2 Å². The van der Waals surface area contributed by atoms with E-state index >= 15 is 0 Å². The number of carbonyl (C=O) groups is 2. The second kappa shape index (κ2) is 6.34. The van der Waals surface area contributed by atoms with E-state index in [9.17, 15) is 9.59 Å². The molecule has 1 aromatic carbocycles. The van der Waals surface area contributed by atoms with Gasteiger partial charge in [0.05, 0.1) is 25.2 Å². The molecule has 6 nitrogen and oxygen atoms in total. The number of ether oxygens (including phenoxy) is 2. The van der Waals surface area contributed by atoms with Crippen LogP contribution >= 0.6 is 0 Å². The van der Waals surface area contributed by atoms with E-state index < -0.39 is 0 Å². The van der Waals surface area contributed by atoms with E-state index in [0.717, 1.165) is 11.4 Å². The van der Waals surface area contributed by atoms with Gasteiger partial charge in [0.15, 0.2) is 11.5 Å². The monoisotopic (exact) mass is 350 g/mol. The minimum Gasteiger partial charge on any atom is -0.493 e. The van der Waals surface area contributed by atoms with Crippen LogP contribution in [-0.4, -0.2) is 36.8 Å². The second-order valence-corrected chi connectivity index (χ2v) is 6.60. The molecule has 132 valence electrons. The number of nitrogens with zero attached hydrogens (tertiary/aromatic N) is 2. The first-order chi connectivity index (χ1) is 12.7. The first-order valence-electron chi connectivity index (χ1n) is 8.49. The molecule has 0 spiro atoms. The van der Waals surface area contributed by atoms with Crippen LogP contribution < -0.4 is 9.47 Å². The lowest BCUT2D eigenvalue weighted by Gasteiger charge is -2.13. The fraction of sp³-hybridized carbons (Fsp3) is 0.350. The molecule has 3 aliphatic rings. The number of amides is 2. The van der Waals surface area contributed by atoms with Crippen molar-refractivity contribution in [1.29, 1.82) is 0 Å². The van der Waals surface area contributed by atoms with Crippen LogP contribution in [0.3, 0.4) is 0 Å². The fourth-order valence-corrected chi connectivity index (χ4v) is 4.18. The van der Waals surface area contributed by atoms with Gasteiger partial charge in [-0.15, -0.1) is 6.42 Å². The summed E-state index contributed by atoms with van der Waals surface area (Å²) >= 11 is 0. The minimum absolute atomic E-state index is 0.0714. The minimum atomic E-state index is -0.267. The van der Waals surface area contributed by atoms with Gasteiger partial charge in [0.2, 0.25) is 0 Å². The smallest absolute Gasteiger partial charge is 0.254 e. The third-order valence-electron chi connectivity index (χ3n) is 5.29. The summed E-state index contributed by atoms with van der Waals surface area (Å²) in [7, 11) is 1.52. The van der Waals surface area contributed by atoms with Gasteiger partial charge in [0.1, 0.15) is 6.61 Å². The quantitative estimate of drug-likeness (QED) is 0.352. The van der Waals surface area contributed by atoms with Gasteiger partial charge in [0.25, 0.3) is 11.8 Å². The number of rotatable bonds is 5. The Hall–Kier alpha value is -3.07. The predicted octanol–water partition coefficient (Wildman–Crippen LogP) is 1.85. The second-order valence-electron chi connectivity index (χ2n) is 6.60. The number of fused-ring (bicyclic) bond motifs is 5. The topological polar surface area (TPSA) is 68.2 Å². The maximum Gasteiger partial charge on any atom is 0.254 e. The van der Waals surface area contributed by atoms with E-state index in [0.29, 0.717) is 17.1 Å². The van der Waals surface area contributed by atoms with Crippen molar-refractivity contribution in [3.63, 3.8) is 0 Å². The van der Waals surface area contributed by atoms with E-state index in [4.69, 9.17) is 15.9 Å². The molecule has 0 aromatic heterocycles. The summed E-state index contributed by atoms with van der Waals surface area (Å²) in [6.45, 7) is 0.0714. The zero-order valence-electron chi connectivity index (χ0n) is 14.3. The molecular weight excluding hydrogens is 332 g/mol. The van der Waals surface area contributed by atoms with Gasteiger partial charge in [-0.2, -0.15) is 10.1 Å². The summed E-state index contributed by atoms with van der Waals surface area (Å²) in [5.74, 6) is 2.68. The van der Waals surface area contributed by atoms with Gasteiger partial charge in [-0.3, -0.25) is 9.59 Å². The zero-order valence-corrected chi connectivity index (χ0v) is 14.3. The summed E-state index contributed by atoms with van der Waals surface area (Å²) in [6, 6.07) is 5.27. The molecule has 0 radical (unpaired) electrons. The lowest BCUT2D eigenvalue weighted by molar-refractivity contribution is -0.140. The molecule has 6 heteroatoms. The molecule has 1 saturated carbocycles.